The Morgan fingerprint density at radius 3 is 2.73 bits per heavy atom. The number of anilines is 3. The summed E-state index contributed by atoms with van der Waals surface area (Å²) in [6.07, 6.45) is 2.55. The van der Waals surface area contributed by atoms with Crippen LogP contribution < -0.4 is 26.2 Å². The Balaban J connectivity index is 2.17. The topological polar surface area (TPSA) is 84.8 Å². The third kappa shape index (κ3) is 3.35. The minimum Gasteiger partial charge on any atom is -0.396 e. The summed E-state index contributed by atoms with van der Waals surface area (Å²) in [5.74, 6) is 0.545. The molecule has 1 aromatic carbocycles. The van der Waals surface area contributed by atoms with E-state index in [2.05, 4.69) is 32.5 Å². The predicted molar refractivity (Wildman–Crippen MR) is 104 cm³/mol. The van der Waals surface area contributed by atoms with Gasteiger partial charge in [-0.15, -0.1) is 0 Å². The summed E-state index contributed by atoms with van der Waals surface area (Å²) in [7, 11) is 4.01. The zero-order valence-electron chi connectivity index (χ0n) is 15.5. The van der Waals surface area contributed by atoms with Crippen LogP contribution in [0.4, 0.5) is 22.9 Å². The van der Waals surface area contributed by atoms with Gasteiger partial charge in [-0.2, -0.15) is 0 Å². The van der Waals surface area contributed by atoms with Crippen LogP contribution in [0.1, 0.15) is 24.8 Å². The van der Waals surface area contributed by atoms with E-state index in [0.29, 0.717) is 23.2 Å². The Labute approximate surface area is 152 Å². The van der Waals surface area contributed by atoms with E-state index in [4.69, 9.17) is 5.11 Å². The van der Waals surface area contributed by atoms with Gasteiger partial charge in [0.25, 0.3) is 5.56 Å². The van der Waals surface area contributed by atoms with Gasteiger partial charge in [0.05, 0.1) is 11.4 Å². The second-order valence-corrected chi connectivity index (χ2v) is 6.75. The number of rotatable bonds is 6. The molecule has 7 nitrogen and oxygen atoms in total. The molecule has 138 valence electrons. The fraction of sp³-hybridized carbons (Fsp3) is 0.421. The van der Waals surface area contributed by atoms with Gasteiger partial charge in [-0.1, -0.05) is 6.58 Å². The number of aryl methyl sites for hydroxylation is 1. The lowest BCUT2D eigenvalue weighted by Gasteiger charge is -2.30. The Hall–Kier alpha value is -2.67. The van der Waals surface area contributed by atoms with E-state index in [1.807, 2.05) is 32.0 Å². The summed E-state index contributed by atoms with van der Waals surface area (Å²) in [5, 5.41) is 9.34. The lowest BCUT2D eigenvalue weighted by molar-refractivity contribution is 0.283. The van der Waals surface area contributed by atoms with Crippen molar-refractivity contribution in [1.82, 2.24) is 9.97 Å². The first-order chi connectivity index (χ1) is 12.4. The lowest BCUT2D eigenvalue weighted by Crippen LogP contribution is -2.42. The number of H-pyrrole nitrogens is 1. The molecule has 0 bridgehead atoms. The molecule has 0 unspecified atom stereocenters. The molecule has 7 heteroatoms. The number of hydrogen-bond acceptors (Lipinski definition) is 6. The van der Waals surface area contributed by atoms with Crippen molar-refractivity contribution in [2.24, 2.45) is 4.99 Å². The molecule has 0 saturated heterocycles. The average molecular weight is 355 g/mol. The molecule has 0 amide bonds. The molecular weight excluding hydrogens is 330 g/mol. The molecule has 0 atom stereocenters. The number of aliphatic hydroxyl groups excluding tert-OH is 1. The molecule has 3 rings (SSSR count). The summed E-state index contributed by atoms with van der Waals surface area (Å²) in [4.78, 5) is 28.1. The minimum atomic E-state index is -0.277. The van der Waals surface area contributed by atoms with Crippen LogP contribution in [0.2, 0.25) is 0 Å². The second-order valence-electron chi connectivity index (χ2n) is 6.75. The average Bonchev–Trinajstić information content (AvgIpc) is 2.57. The molecule has 26 heavy (non-hydrogen) atoms. The number of fused-ring (bicyclic) bond motifs is 2. The van der Waals surface area contributed by atoms with Crippen LogP contribution in [0.25, 0.3) is 6.58 Å². The highest BCUT2D eigenvalue weighted by Crippen LogP contribution is 2.39. The number of unbranched alkanes of at least 4 members (excludes halogenated alkanes) is 2. The predicted octanol–water partition coefficient (Wildman–Crippen LogP) is 1.12. The lowest BCUT2D eigenvalue weighted by atomic mass is 10.1. The third-order valence-corrected chi connectivity index (χ3v) is 4.52. The van der Waals surface area contributed by atoms with Gasteiger partial charge in [-0.05, 0) is 43.9 Å². The maximum absolute atomic E-state index is 12.4. The van der Waals surface area contributed by atoms with Crippen molar-refractivity contribution < 1.29 is 5.11 Å². The molecule has 2 heterocycles. The Kier molecular flexibility index (Phi) is 5.08. The highest BCUT2D eigenvalue weighted by molar-refractivity contribution is 5.80. The van der Waals surface area contributed by atoms with Crippen molar-refractivity contribution in [3.05, 3.63) is 38.9 Å². The van der Waals surface area contributed by atoms with Gasteiger partial charge >= 0.3 is 0 Å². The molecule has 0 saturated carbocycles. The zero-order chi connectivity index (χ0) is 18.8. The molecule has 0 aliphatic carbocycles. The van der Waals surface area contributed by atoms with Crippen LogP contribution in [0.3, 0.4) is 0 Å². The van der Waals surface area contributed by atoms with Crippen LogP contribution in [0, 0.1) is 6.92 Å². The van der Waals surface area contributed by atoms with Crippen LogP contribution in [0.15, 0.2) is 21.9 Å². The van der Waals surface area contributed by atoms with Crippen LogP contribution in [-0.4, -0.2) is 42.3 Å². The number of aromatic nitrogens is 2. The minimum absolute atomic E-state index is 0.188. The number of aliphatic hydroxyl groups is 1. The third-order valence-electron chi connectivity index (χ3n) is 4.52. The first-order valence-corrected chi connectivity index (χ1v) is 8.80. The summed E-state index contributed by atoms with van der Waals surface area (Å²) >= 11 is 0. The van der Waals surface area contributed by atoms with E-state index < -0.39 is 0 Å². The van der Waals surface area contributed by atoms with Crippen molar-refractivity contribution in [3.63, 3.8) is 0 Å². The summed E-state index contributed by atoms with van der Waals surface area (Å²) in [6, 6.07) is 4.10. The van der Waals surface area contributed by atoms with E-state index in [1.54, 1.807) is 0 Å². The van der Waals surface area contributed by atoms with Crippen LogP contribution >= 0.6 is 0 Å². The maximum Gasteiger partial charge on any atom is 0.279 e. The molecule has 2 N–H and O–H groups in total. The fourth-order valence-corrected chi connectivity index (χ4v) is 3.27. The van der Waals surface area contributed by atoms with Gasteiger partial charge in [-0.3, -0.25) is 4.79 Å². The smallest absolute Gasteiger partial charge is 0.279 e. The number of nitrogens with one attached hydrogen (secondary N) is 1. The maximum atomic E-state index is 12.4. The molecular formula is C19H25N5O2. The van der Waals surface area contributed by atoms with Gasteiger partial charge in [0.1, 0.15) is 5.48 Å². The van der Waals surface area contributed by atoms with Crippen molar-refractivity contribution in [1.29, 1.82) is 0 Å². The summed E-state index contributed by atoms with van der Waals surface area (Å²) in [5.41, 5.74) is 3.95. The molecule has 0 fully saturated rings. The molecule has 1 aliphatic heterocycles. The quantitative estimate of drug-likeness (QED) is 0.759. The van der Waals surface area contributed by atoms with E-state index in [9.17, 15) is 4.79 Å². The van der Waals surface area contributed by atoms with Gasteiger partial charge < -0.3 is 19.9 Å². The van der Waals surface area contributed by atoms with E-state index in [0.717, 1.165) is 41.9 Å². The standard InChI is InChI=1S/C19H25N5O2/c1-12-10-14-16(11-15(12)23(3)4)24(8-6-5-7-9-25)18-17(22-14)19(26)21-13(2)20-18/h10-11,25H,2,5-9H2,1,3-4H3,(H,21,26). The van der Waals surface area contributed by atoms with Gasteiger partial charge in [0.2, 0.25) is 0 Å². The van der Waals surface area contributed by atoms with E-state index in [1.165, 1.54) is 0 Å². The Morgan fingerprint density at radius 1 is 1.27 bits per heavy atom. The highest BCUT2D eigenvalue weighted by Gasteiger charge is 2.24. The fourth-order valence-electron chi connectivity index (χ4n) is 3.27. The molecule has 1 aromatic heterocycles. The van der Waals surface area contributed by atoms with Crippen LogP contribution in [-0.2, 0) is 0 Å². The summed E-state index contributed by atoms with van der Waals surface area (Å²) < 4.78 is 0. The zero-order valence-corrected chi connectivity index (χ0v) is 15.5. The second kappa shape index (κ2) is 7.29. The molecule has 0 radical (unpaired) electrons. The number of benzene rings is 1. The number of nitrogens with zero attached hydrogens (tertiary/aromatic N) is 4. The Morgan fingerprint density at radius 2 is 2.04 bits per heavy atom. The largest absolute Gasteiger partial charge is 0.396 e. The monoisotopic (exact) mass is 355 g/mol. The van der Waals surface area contributed by atoms with E-state index >= 15 is 0 Å². The van der Waals surface area contributed by atoms with Gasteiger partial charge in [0.15, 0.2) is 11.2 Å². The van der Waals surface area contributed by atoms with Gasteiger partial charge in [-0.25, -0.2) is 9.98 Å². The number of hydrogen-bond donors (Lipinski definition) is 2. The van der Waals surface area contributed by atoms with Gasteiger partial charge in [0, 0.05) is 32.9 Å². The molecule has 0 spiro atoms. The number of aromatic amines is 1. The Bertz CT molecular complexity index is 981. The first-order valence-electron chi connectivity index (χ1n) is 8.80. The molecule has 1 aliphatic rings. The van der Waals surface area contributed by atoms with Crippen molar-refractivity contribution >= 4 is 29.5 Å². The highest BCUT2D eigenvalue weighted by atomic mass is 16.2. The first kappa shape index (κ1) is 18.1. The van der Waals surface area contributed by atoms with E-state index in [-0.39, 0.29) is 12.2 Å². The van der Waals surface area contributed by atoms with Crippen molar-refractivity contribution in [2.45, 2.75) is 26.2 Å². The summed E-state index contributed by atoms with van der Waals surface area (Å²) in [6.45, 7) is 6.69. The van der Waals surface area contributed by atoms with Crippen molar-refractivity contribution in [2.75, 3.05) is 37.0 Å². The van der Waals surface area contributed by atoms with Crippen molar-refractivity contribution in [3.8, 4) is 0 Å². The normalized spacial score (nSPS) is 12.4. The SMILES string of the molecule is C=c1nc2c(c(=O)[nH]1)=Nc1cc(C)c(N(C)C)cc1N2CCCCCO. The van der Waals surface area contributed by atoms with Crippen LogP contribution in [0.5, 0.6) is 0 Å². The molecule has 2 aromatic rings.